The molecule has 70 valence electrons. The number of aromatic nitrogens is 5. The predicted octanol–water partition coefficient (Wildman–Crippen LogP) is 0.891. The number of fused-ring (bicyclic) bond motifs is 1. The van der Waals surface area contributed by atoms with Crippen LogP contribution in [-0.2, 0) is 0 Å². The van der Waals surface area contributed by atoms with Crippen LogP contribution in [0.4, 0.5) is 5.13 Å². The summed E-state index contributed by atoms with van der Waals surface area (Å²) in [6.45, 7) is 0. The Balaban J connectivity index is 2.18. The second-order valence-electron chi connectivity index (χ2n) is 2.54. The summed E-state index contributed by atoms with van der Waals surface area (Å²) in [5.74, 6) is 0. The fourth-order valence-corrected chi connectivity index (χ4v) is 2.45. The molecule has 0 aliphatic rings. The first-order chi connectivity index (χ1) is 6.83. The second kappa shape index (κ2) is 2.72. The molecule has 14 heavy (non-hydrogen) atoms. The molecule has 0 spiro atoms. The van der Waals surface area contributed by atoms with Gasteiger partial charge in [-0.2, -0.15) is 9.61 Å². The Morgan fingerprint density at radius 2 is 2.36 bits per heavy atom. The molecule has 3 rings (SSSR count). The summed E-state index contributed by atoms with van der Waals surface area (Å²) < 4.78 is 1.62. The van der Waals surface area contributed by atoms with Crippen molar-refractivity contribution < 1.29 is 0 Å². The normalized spacial score (nSPS) is 11.1. The molecule has 0 radical (unpaired) electrons. The Morgan fingerprint density at radius 1 is 1.43 bits per heavy atom. The van der Waals surface area contributed by atoms with E-state index in [0.717, 1.165) is 15.7 Å². The van der Waals surface area contributed by atoms with Gasteiger partial charge < -0.3 is 5.73 Å². The van der Waals surface area contributed by atoms with Crippen LogP contribution in [-0.4, -0.2) is 24.8 Å². The van der Waals surface area contributed by atoms with Crippen LogP contribution in [0.3, 0.4) is 0 Å². The van der Waals surface area contributed by atoms with Crippen molar-refractivity contribution in [1.82, 2.24) is 24.8 Å². The van der Waals surface area contributed by atoms with Gasteiger partial charge in [-0.25, -0.2) is 4.98 Å². The molecule has 0 fully saturated rings. The predicted molar refractivity (Wildman–Crippen MR) is 54.2 cm³/mol. The number of hydrogen-bond donors (Lipinski definition) is 1. The fourth-order valence-electron chi connectivity index (χ4n) is 1.05. The number of nitrogens with two attached hydrogens (primary N) is 1. The number of hydrogen-bond acceptors (Lipinski definition) is 7. The van der Waals surface area contributed by atoms with Crippen LogP contribution in [0.2, 0.25) is 0 Å². The van der Waals surface area contributed by atoms with Crippen molar-refractivity contribution in [3.63, 3.8) is 0 Å². The second-order valence-corrected chi connectivity index (χ2v) is 4.38. The molecule has 2 N–H and O–H groups in total. The Labute approximate surface area is 86.0 Å². The van der Waals surface area contributed by atoms with Crippen molar-refractivity contribution in [2.24, 2.45) is 0 Å². The molecule has 0 aliphatic heterocycles. The lowest BCUT2D eigenvalue weighted by Gasteiger charge is -1.83. The van der Waals surface area contributed by atoms with E-state index in [0.29, 0.717) is 5.13 Å². The monoisotopic (exact) mass is 224 g/mol. The first-order valence-corrected chi connectivity index (χ1v) is 5.41. The lowest BCUT2D eigenvalue weighted by Crippen LogP contribution is -1.84. The highest BCUT2D eigenvalue weighted by molar-refractivity contribution is 7.20. The van der Waals surface area contributed by atoms with E-state index < -0.39 is 0 Å². The molecule has 0 aliphatic carbocycles. The van der Waals surface area contributed by atoms with Crippen molar-refractivity contribution in [2.45, 2.75) is 0 Å². The van der Waals surface area contributed by atoms with Crippen molar-refractivity contribution in [3.05, 3.63) is 11.7 Å². The first kappa shape index (κ1) is 7.83. The summed E-state index contributed by atoms with van der Waals surface area (Å²) in [5, 5.41) is 15.1. The molecule has 0 aromatic carbocycles. The topological polar surface area (TPSA) is 82.0 Å². The van der Waals surface area contributed by atoms with Gasteiger partial charge in [-0.15, -0.1) is 21.5 Å². The zero-order chi connectivity index (χ0) is 9.54. The summed E-state index contributed by atoms with van der Waals surface area (Å²) in [6, 6.07) is 0. The zero-order valence-electron chi connectivity index (χ0n) is 6.78. The number of nitrogens with zero attached hydrogens (tertiary/aromatic N) is 5. The summed E-state index contributed by atoms with van der Waals surface area (Å²) in [5.41, 5.74) is 6.33. The van der Waals surface area contributed by atoms with Crippen molar-refractivity contribution in [2.75, 3.05) is 5.73 Å². The van der Waals surface area contributed by atoms with Crippen LogP contribution >= 0.6 is 22.7 Å². The molecule has 0 saturated heterocycles. The van der Waals surface area contributed by atoms with Crippen molar-refractivity contribution in [1.29, 1.82) is 0 Å². The fraction of sp³-hybridized carbons (Fsp3) is 0. The van der Waals surface area contributed by atoms with Gasteiger partial charge in [0, 0.05) is 5.38 Å². The first-order valence-electron chi connectivity index (χ1n) is 3.71. The molecule has 8 heteroatoms. The Bertz CT molecular complexity index is 549. The van der Waals surface area contributed by atoms with E-state index in [-0.39, 0.29) is 0 Å². The molecule has 0 saturated carbocycles. The highest BCUT2D eigenvalue weighted by Crippen LogP contribution is 2.26. The van der Waals surface area contributed by atoms with E-state index in [2.05, 4.69) is 20.3 Å². The average molecular weight is 224 g/mol. The Kier molecular flexibility index (Phi) is 1.52. The van der Waals surface area contributed by atoms with Gasteiger partial charge in [0.25, 0.3) is 0 Å². The van der Waals surface area contributed by atoms with Crippen LogP contribution in [0.5, 0.6) is 0 Å². The quantitative estimate of drug-likeness (QED) is 0.663. The van der Waals surface area contributed by atoms with Gasteiger partial charge in [0.2, 0.25) is 4.96 Å². The number of thiazole rings is 1. The summed E-state index contributed by atoms with van der Waals surface area (Å²) >= 11 is 2.84. The van der Waals surface area contributed by atoms with E-state index in [1.54, 1.807) is 10.8 Å². The van der Waals surface area contributed by atoms with Crippen LogP contribution in [0.1, 0.15) is 0 Å². The molecule has 0 unspecified atom stereocenters. The van der Waals surface area contributed by atoms with E-state index in [1.165, 1.54) is 22.7 Å². The van der Waals surface area contributed by atoms with Gasteiger partial charge >= 0.3 is 0 Å². The molecule has 0 amide bonds. The van der Waals surface area contributed by atoms with E-state index in [1.807, 2.05) is 5.38 Å². The number of rotatable bonds is 1. The smallest absolute Gasteiger partial charge is 0.234 e. The SMILES string of the molecule is Nc1nc(-c2nn3cnnc3s2)cs1. The average Bonchev–Trinajstić information content (AvgIpc) is 2.75. The van der Waals surface area contributed by atoms with Crippen LogP contribution in [0.25, 0.3) is 15.7 Å². The maximum atomic E-state index is 5.53. The summed E-state index contributed by atoms with van der Waals surface area (Å²) in [6.07, 6.45) is 1.56. The standard InChI is InChI=1S/C6H4N6S2/c7-5-9-3(1-13-5)4-11-12-2-8-10-6(12)14-4/h1-2H,(H2,7,9). The summed E-state index contributed by atoms with van der Waals surface area (Å²) in [4.78, 5) is 4.89. The van der Waals surface area contributed by atoms with Crippen LogP contribution in [0.15, 0.2) is 11.7 Å². The lowest BCUT2D eigenvalue weighted by molar-refractivity contribution is 0.957. The maximum Gasteiger partial charge on any atom is 0.234 e. The van der Waals surface area contributed by atoms with Crippen molar-refractivity contribution in [3.8, 4) is 10.7 Å². The van der Waals surface area contributed by atoms with E-state index in [4.69, 9.17) is 5.73 Å². The lowest BCUT2D eigenvalue weighted by atomic mass is 10.5. The molecule has 3 aromatic heterocycles. The summed E-state index contributed by atoms with van der Waals surface area (Å²) in [7, 11) is 0. The molecule has 0 bridgehead atoms. The molecule has 0 atom stereocenters. The van der Waals surface area contributed by atoms with Gasteiger partial charge in [-0.3, -0.25) is 0 Å². The molecule has 3 heterocycles. The maximum absolute atomic E-state index is 5.53. The van der Waals surface area contributed by atoms with Gasteiger partial charge in [-0.05, 0) is 0 Å². The van der Waals surface area contributed by atoms with Crippen molar-refractivity contribution >= 4 is 32.8 Å². The minimum atomic E-state index is 0.547. The van der Waals surface area contributed by atoms with Crippen LogP contribution in [0, 0.1) is 0 Å². The molecular formula is C6H4N6S2. The van der Waals surface area contributed by atoms with Gasteiger partial charge in [-0.1, -0.05) is 11.3 Å². The molecule has 6 nitrogen and oxygen atoms in total. The zero-order valence-corrected chi connectivity index (χ0v) is 8.42. The minimum absolute atomic E-state index is 0.547. The Hall–Kier alpha value is -1.54. The highest BCUT2D eigenvalue weighted by atomic mass is 32.1. The number of nitrogen functional groups attached to an aromatic ring is 1. The molecular weight excluding hydrogens is 220 g/mol. The third-order valence-electron chi connectivity index (χ3n) is 1.63. The highest BCUT2D eigenvalue weighted by Gasteiger charge is 2.09. The van der Waals surface area contributed by atoms with Gasteiger partial charge in [0.05, 0.1) is 0 Å². The van der Waals surface area contributed by atoms with Gasteiger partial charge in [0.15, 0.2) is 10.1 Å². The molecule has 3 aromatic rings. The minimum Gasteiger partial charge on any atom is -0.375 e. The number of anilines is 1. The van der Waals surface area contributed by atoms with Crippen LogP contribution < -0.4 is 5.73 Å². The largest absolute Gasteiger partial charge is 0.375 e. The third-order valence-corrected chi connectivity index (χ3v) is 3.24. The third kappa shape index (κ3) is 1.08. The van der Waals surface area contributed by atoms with E-state index >= 15 is 0 Å². The Morgan fingerprint density at radius 3 is 3.07 bits per heavy atom. The van der Waals surface area contributed by atoms with Gasteiger partial charge in [0.1, 0.15) is 12.0 Å². The van der Waals surface area contributed by atoms with E-state index in [9.17, 15) is 0 Å².